The smallest absolute Gasteiger partial charge is 0.239 e. The zero-order valence-electron chi connectivity index (χ0n) is 14.3. The van der Waals surface area contributed by atoms with Gasteiger partial charge in [0.05, 0.1) is 27.2 Å². The van der Waals surface area contributed by atoms with Crippen LogP contribution in [0, 0.1) is 5.92 Å². The normalized spacial score (nSPS) is 10.3. The van der Waals surface area contributed by atoms with Gasteiger partial charge in [-0.3, -0.25) is 9.59 Å². The molecule has 128 valence electrons. The number of hydrogen-bond donors (Lipinski definition) is 2. The van der Waals surface area contributed by atoms with Gasteiger partial charge in [-0.05, 0) is 30.0 Å². The van der Waals surface area contributed by atoms with Crippen LogP contribution in [-0.4, -0.2) is 39.1 Å². The van der Waals surface area contributed by atoms with Crippen molar-refractivity contribution in [3.05, 3.63) is 23.8 Å². The zero-order chi connectivity index (χ0) is 17.2. The lowest BCUT2D eigenvalue weighted by molar-refractivity contribution is -0.125. The van der Waals surface area contributed by atoms with Gasteiger partial charge >= 0.3 is 0 Å². The number of ether oxygens (including phenoxy) is 2. The van der Waals surface area contributed by atoms with Gasteiger partial charge in [-0.2, -0.15) is 0 Å². The average molecular weight is 322 g/mol. The minimum absolute atomic E-state index is 0.00970. The summed E-state index contributed by atoms with van der Waals surface area (Å²) in [4.78, 5) is 23.5. The first-order valence-electron chi connectivity index (χ1n) is 7.70. The van der Waals surface area contributed by atoms with E-state index in [1.807, 2.05) is 0 Å². The number of hydrogen-bond acceptors (Lipinski definition) is 4. The third kappa shape index (κ3) is 7.04. The molecule has 0 aliphatic carbocycles. The number of benzene rings is 1. The highest BCUT2D eigenvalue weighted by atomic mass is 16.5. The first kappa shape index (κ1) is 18.8. The molecule has 0 fully saturated rings. The lowest BCUT2D eigenvalue weighted by Crippen LogP contribution is -2.38. The summed E-state index contributed by atoms with van der Waals surface area (Å²) in [6.07, 6.45) is 1.10. The quantitative estimate of drug-likeness (QED) is 0.723. The van der Waals surface area contributed by atoms with E-state index < -0.39 is 0 Å². The molecule has 0 atom stereocenters. The van der Waals surface area contributed by atoms with Crippen LogP contribution in [0.4, 0.5) is 0 Å². The van der Waals surface area contributed by atoms with Crippen LogP contribution in [0.3, 0.4) is 0 Å². The molecule has 0 unspecified atom stereocenters. The Bertz CT molecular complexity index is 529. The summed E-state index contributed by atoms with van der Waals surface area (Å²) >= 11 is 0. The summed E-state index contributed by atoms with van der Waals surface area (Å²) in [5.41, 5.74) is 0.792. The predicted octanol–water partition coefficient (Wildman–Crippen LogP) is 1.52. The molecule has 6 nitrogen and oxygen atoms in total. The zero-order valence-corrected chi connectivity index (χ0v) is 14.3. The molecule has 0 saturated heterocycles. The van der Waals surface area contributed by atoms with E-state index in [0.29, 0.717) is 24.0 Å². The lowest BCUT2D eigenvalue weighted by atomic mass is 10.1. The second-order valence-corrected chi connectivity index (χ2v) is 5.68. The maximum atomic E-state index is 11.9. The number of nitrogens with one attached hydrogen (secondary N) is 2. The molecule has 1 rings (SSSR count). The van der Waals surface area contributed by atoms with E-state index in [0.717, 1.165) is 12.0 Å². The van der Waals surface area contributed by atoms with Crippen LogP contribution in [0.5, 0.6) is 11.5 Å². The molecule has 6 heteroatoms. The molecular weight excluding hydrogens is 296 g/mol. The van der Waals surface area contributed by atoms with Crippen molar-refractivity contribution in [2.45, 2.75) is 26.7 Å². The van der Waals surface area contributed by atoms with Crippen LogP contribution in [0.2, 0.25) is 0 Å². The number of methoxy groups -OCH3 is 2. The molecule has 1 aromatic carbocycles. The SMILES string of the molecule is COc1ccc(CC(=O)NCC(=O)NCCC(C)C)cc1OC. The third-order valence-electron chi connectivity index (χ3n) is 3.30. The molecule has 0 aromatic heterocycles. The van der Waals surface area contributed by atoms with Crippen LogP contribution < -0.4 is 20.1 Å². The molecule has 0 saturated carbocycles. The van der Waals surface area contributed by atoms with Gasteiger partial charge in [0.25, 0.3) is 0 Å². The molecule has 23 heavy (non-hydrogen) atoms. The number of carbonyl (C=O) groups excluding carboxylic acids is 2. The van der Waals surface area contributed by atoms with Crippen LogP contribution in [0.1, 0.15) is 25.8 Å². The Morgan fingerprint density at radius 2 is 1.74 bits per heavy atom. The van der Waals surface area contributed by atoms with E-state index in [1.165, 1.54) is 0 Å². The van der Waals surface area contributed by atoms with Gasteiger partial charge in [-0.25, -0.2) is 0 Å². The topological polar surface area (TPSA) is 76.7 Å². The second kappa shape index (κ2) is 9.71. The Balaban J connectivity index is 2.40. The van der Waals surface area contributed by atoms with Gasteiger partial charge in [-0.1, -0.05) is 19.9 Å². The fraction of sp³-hybridized carbons (Fsp3) is 0.529. The highest BCUT2D eigenvalue weighted by molar-refractivity contribution is 5.85. The average Bonchev–Trinajstić information content (AvgIpc) is 2.52. The Labute approximate surface area is 137 Å². The molecule has 0 heterocycles. The molecular formula is C17H26N2O4. The fourth-order valence-corrected chi connectivity index (χ4v) is 1.98. The summed E-state index contributed by atoms with van der Waals surface area (Å²) in [5.74, 6) is 1.34. The van der Waals surface area contributed by atoms with Crippen molar-refractivity contribution in [3.8, 4) is 11.5 Å². The van der Waals surface area contributed by atoms with Crippen LogP contribution in [0.25, 0.3) is 0 Å². The molecule has 0 aliphatic rings. The van der Waals surface area contributed by atoms with Crippen molar-refractivity contribution in [1.29, 1.82) is 0 Å². The summed E-state index contributed by atoms with van der Waals surface area (Å²) < 4.78 is 10.4. The Morgan fingerprint density at radius 3 is 2.35 bits per heavy atom. The first-order valence-corrected chi connectivity index (χ1v) is 7.70. The molecule has 2 N–H and O–H groups in total. The summed E-state index contributed by atoms with van der Waals surface area (Å²) in [7, 11) is 3.10. The van der Waals surface area contributed by atoms with E-state index in [-0.39, 0.29) is 24.8 Å². The molecule has 1 aromatic rings. The van der Waals surface area contributed by atoms with E-state index in [2.05, 4.69) is 24.5 Å². The van der Waals surface area contributed by atoms with Crippen molar-refractivity contribution >= 4 is 11.8 Å². The number of amides is 2. The predicted molar refractivity (Wildman–Crippen MR) is 88.7 cm³/mol. The van der Waals surface area contributed by atoms with Gasteiger partial charge in [0, 0.05) is 6.54 Å². The minimum atomic E-state index is -0.212. The first-order chi connectivity index (χ1) is 11.0. The van der Waals surface area contributed by atoms with E-state index in [4.69, 9.17) is 9.47 Å². The Hall–Kier alpha value is -2.24. The highest BCUT2D eigenvalue weighted by Crippen LogP contribution is 2.27. The van der Waals surface area contributed by atoms with Crippen LogP contribution in [-0.2, 0) is 16.0 Å². The van der Waals surface area contributed by atoms with Crippen molar-refractivity contribution in [2.24, 2.45) is 5.92 Å². The fourth-order valence-electron chi connectivity index (χ4n) is 1.98. The molecule has 0 aliphatic heterocycles. The summed E-state index contributed by atoms with van der Waals surface area (Å²) in [6.45, 7) is 4.81. The van der Waals surface area contributed by atoms with Gasteiger partial charge < -0.3 is 20.1 Å². The largest absolute Gasteiger partial charge is 0.493 e. The van der Waals surface area contributed by atoms with Crippen molar-refractivity contribution in [3.63, 3.8) is 0 Å². The maximum Gasteiger partial charge on any atom is 0.239 e. The van der Waals surface area contributed by atoms with Gasteiger partial charge in [0.2, 0.25) is 11.8 Å². The summed E-state index contributed by atoms with van der Waals surface area (Å²) in [6, 6.07) is 5.30. The van der Waals surface area contributed by atoms with Crippen LogP contribution in [0.15, 0.2) is 18.2 Å². The standard InChI is InChI=1S/C17H26N2O4/c1-12(2)7-8-18-17(21)11-19-16(20)10-13-5-6-14(22-3)15(9-13)23-4/h5-6,9,12H,7-8,10-11H2,1-4H3,(H,18,21)(H,19,20). The molecule has 0 spiro atoms. The number of carbonyl (C=O) groups is 2. The Morgan fingerprint density at radius 1 is 1.04 bits per heavy atom. The van der Waals surface area contributed by atoms with E-state index in [1.54, 1.807) is 32.4 Å². The summed E-state index contributed by atoms with van der Waals surface area (Å²) in [5, 5.41) is 5.39. The van der Waals surface area contributed by atoms with Gasteiger partial charge in [0.15, 0.2) is 11.5 Å². The van der Waals surface area contributed by atoms with Gasteiger partial charge in [-0.15, -0.1) is 0 Å². The van der Waals surface area contributed by atoms with E-state index in [9.17, 15) is 9.59 Å². The van der Waals surface area contributed by atoms with Crippen molar-refractivity contribution in [2.75, 3.05) is 27.3 Å². The number of rotatable bonds is 9. The molecule has 0 bridgehead atoms. The minimum Gasteiger partial charge on any atom is -0.493 e. The molecule has 2 amide bonds. The highest BCUT2D eigenvalue weighted by Gasteiger charge is 2.09. The third-order valence-corrected chi connectivity index (χ3v) is 3.30. The Kier molecular flexibility index (Phi) is 7.94. The lowest BCUT2D eigenvalue weighted by Gasteiger charge is -2.10. The van der Waals surface area contributed by atoms with E-state index >= 15 is 0 Å². The monoisotopic (exact) mass is 322 g/mol. The second-order valence-electron chi connectivity index (χ2n) is 5.68. The van der Waals surface area contributed by atoms with Crippen molar-refractivity contribution in [1.82, 2.24) is 10.6 Å². The molecule has 0 radical (unpaired) electrons. The van der Waals surface area contributed by atoms with Crippen molar-refractivity contribution < 1.29 is 19.1 Å². The van der Waals surface area contributed by atoms with Crippen LogP contribution >= 0.6 is 0 Å². The van der Waals surface area contributed by atoms with Gasteiger partial charge in [0.1, 0.15) is 0 Å². The maximum absolute atomic E-state index is 11.9.